The van der Waals surface area contributed by atoms with Crippen molar-refractivity contribution in [1.29, 1.82) is 0 Å². The summed E-state index contributed by atoms with van der Waals surface area (Å²) in [5.74, 6) is 0.783. The first kappa shape index (κ1) is 18.9. The van der Waals surface area contributed by atoms with Crippen molar-refractivity contribution in [3.63, 3.8) is 0 Å². The lowest BCUT2D eigenvalue weighted by Crippen LogP contribution is -2.61. The first-order chi connectivity index (χ1) is 11.5. The number of hydrogen-bond donors (Lipinski definition) is 4. The Balaban J connectivity index is 1.78. The average molecular weight is 356 g/mol. The first-order valence-electron chi connectivity index (χ1n) is 7.71. The van der Waals surface area contributed by atoms with Gasteiger partial charge in [-0.25, -0.2) is 0 Å². The van der Waals surface area contributed by atoms with E-state index in [1.165, 1.54) is 0 Å². The van der Waals surface area contributed by atoms with E-state index < -0.39 is 24.4 Å². The molecule has 4 atom stereocenters. The van der Waals surface area contributed by atoms with Gasteiger partial charge in [-0.1, -0.05) is 12.1 Å². The highest BCUT2D eigenvalue weighted by Crippen LogP contribution is 2.17. The molecular weight excluding hydrogens is 332 g/mol. The highest BCUT2D eigenvalue weighted by atomic mass is 32.1. The third-order valence-corrected chi connectivity index (χ3v) is 4.21. The quantitative estimate of drug-likeness (QED) is 0.521. The molecule has 1 heterocycles. The van der Waals surface area contributed by atoms with Gasteiger partial charge in [-0.3, -0.25) is 0 Å². The van der Waals surface area contributed by atoms with Crippen LogP contribution in [0.3, 0.4) is 0 Å². The second-order valence-corrected chi connectivity index (χ2v) is 5.95. The van der Waals surface area contributed by atoms with Gasteiger partial charge in [0.2, 0.25) is 0 Å². The van der Waals surface area contributed by atoms with E-state index in [1.807, 2.05) is 24.3 Å². The van der Waals surface area contributed by atoms with Gasteiger partial charge in [0.25, 0.3) is 0 Å². The topological polar surface area (TPSA) is 92.2 Å². The Kier molecular flexibility index (Phi) is 7.19. The summed E-state index contributed by atoms with van der Waals surface area (Å²) in [5, 5.41) is 26.4. The Labute approximate surface area is 146 Å². The van der Waals surface area contributed by atoms with Crippen LogP contribution in [-0.4, -0.2) is 67.1 Å². The van der Waals surface area contributed by atoms with Crippen LogP contribution in [0.2, 0.25) is 0 Å². The number of nitrogens with one attached hydrogen (secondary N) is 2. The molecule has 0 radical (unpaired) electrons. The van der Waals surface area contributed by atoms with Crippen LogP contribution in [0.4, 0.5) is 0 Å². The lowest BCUT2D eigenvalue weighted by Gasteiger charge is -2.38. The van der Waals surface area contributed by atoms with Crippen LogP contribution >= 0.6 is 12.2 Å². The van der Waals surface area contributed by atoms with E-state index in [0.717, 1.165) is 11.3 Å². The maximum atomic E-state index is 10.2. The number of aliphatic hydroxyl groups is 2. The number of thiocarbonyl (C=S) groups is 1. The van der Waals surface area contributed by atoms with Gasteiger partial charge in [-0.05, 0) is 29.9 Å². The molecule has 134 valence electrons. The van der Waals surface area contributed by atoms with Crippen molar-refractivity contribution in [3.8, 4) is 5.75 Å². The minimum Gasteiger partial charge on any atom is -0.497 e. The van der Waals surface area contributed by atoms with E-state index >= 15 is 0 Å². The molecule has 0 aliphatic carbocycles. The van der Waals surface area contributed by atoms with Gasteiger partial charge in [-0.15, -0.1) is 0 Å². The van der Waals surface area contributed by atoms with Crippen molar-refractivity contribution >= 4 is 17.3 Å². The van der Waals surface area contributed by atoms with Crippen molar-refractivity contribution in [2.45, 2.75) is 31.0 Å². The van der Waals surface area contributed by atoms with E-state index in [1.54, 1.807) is 14.2 Å². The van der Waals surface area contributed by atoms with Crippen LogP contribution in [0, 0.1) is 0 Å². The first-order valence-corrected chi connectivity index (χ1v) is 8.12. The molecule has 7 nitrogen and oxygen atoms in total. The van der Waals surface area contributed by atoms with Gasteiger partial charge in [0.15, 0.2) is 5.11 Å². The van der Waals surface area contributed by atoms with Crippen LogP contribution in [0.1, 0.15) is 5.56 Å². The average Bonchev–Trinajstić information content (AvgIpc) is 2.61. The van der Waals surface area contributed by atoms with Gasteiger partial charge < -0.3 is 35.1 Å². The summed E-state index contributed by atoms with van der Waals surface area (Å²) < 4.78 is 16.3. The predicted molar refractivity (Wildman–Crippen MR) is 93.0 cm³/mol. The lowest BCUT2D eigenvalue weighted by molar-refractivity contribution is -0.166. The maximum absolute atomic E-state index is 10.2. The molecule has 0 unspecified atom stereocenters. The Hall–Kier alpha value is -1.45. The van der Waals surface area contributed by atoms with E-state index in [4.69, 9.17) is 26.4 Å². The van der Waals surface area contributed by atoms with Crippen LogP contribution in [0.25, 0.3) is 0 Å². The summed E-state index contributed by atoms with van der Waals surface area (Å²) in [4.78, 5) is 0. The Morgan fingerprint density at radius 1 is 1.29 bits per heavy atom. The van der Waals surface area contributed by atoms with E-state index in [2.05, 4.69) is 10.6 Å². The highest BCUT2D eigenvalue weighted by Gasteiger charge is 2.38. The Morgan fingerprint density at radius 3 is 2.62 bits per heavy atom. The monoisotopic (exact) mass is 356 g/mol. The Morgan fingerprint density at radius 2 is 2.00 bits per heavy atom. The molecule has 0 bridgehead atoms. The number of methoxy groups -OCH3 is 1. The molecule has 24 heavy (non-hydrogen) atoms. The number of ether oxygens (including phenoxy) is 3. The number of hydrogen-bond acceptors (Lipinski definition) is 6. The molecule has 1 aromatic rings. The van der Waals surface area contributed by atoms with Gasteiger partial charge in [-0.2, -0.15) is 0 Å². The largest absolute Gasteiger partial charge is 0.497 e. The van der Waals surface area contributed by atoms with Gasteiger partial charge >= 0.3 is 0 Å². The fraction of sp³-hybridized carbons (Fsp3) is 0.562. The summed E-state index contributed by atoms with van der Waals surface area (Å²) in [6.07, 6.45) is -2.62. The van der Waals surface area contributed by atoms with Crippen molar-refractivity contribution in [2.24, 2.45) is 0 Å². The minimum absolute atomic E-state index is 0.188. The number of aliphatic hydroxyl groups excluding tert-OH is 2. The smallest absolute Gasteiger partial charge is 0.166 e. The molecule has 1 fully saturated rings. The molecule has 0 aromatic heterocycles. The fourth-order valence-corrected chi connectivity index (χ4v) is 2.56. The molecule has 0 amide bonds. The van der Waals surface area contributed by atoms with E-state index in [-0.39, 0.29) is 13.2 Å². The molecule has 1 aliphatic heterocycles. The molecule has 1 aliphatic rings. The third kappa shape index (κ3) is 5.02. The molecule has 8 heteroatoms. The zero-order valence-corrected chi connectivity index (χ0v) is 14.6. The normalized spacial score (nSPS) is 26.7. The zero-order chi connectivity index (χ0) is 17.5. The fourth-order valence-electron chi connectivity index (χ4n) is 2.41. The molecule has 1 saturated heterocycles. The standard InChI is InChI=1S/C16H24N2O5S/c1-17-16(24)18-12-8-23-13(15(20)14(12)19)9-22-7-10-3-5-11(21-2)6-4-10/h3-6,12-15,19-20H,7-9H2,1-2H3,(H2,17,18,24)/t12-,13+,14+,15+/m0/s1. The minimum atomic E-state index is -1.05. The van der Waals surface area contributed by atoms with Crippen LogP contribution in [-0.2, 0) is 16.1 Å². The van der Waals surface area contributed by atoms with E-state index in [9.17, 15) is 10.2 Å². The molecule has 0 spiro atoms. The molecule has 0 saturated carbocycles. The maximum Gasteiger partial charge on any atom is 0.166 e. The Bertz CT molecular complexity index is 528. The van der Waals surface area contributed by atoms with Crippen molar-refractivity contribution in [2.75, 3.05) is 27.4 Å². The second-order valence-electron chi connectivity index (χ2n) is 5.55. The van der Waals surface area contributed by atoms with E-state index in [0.29, 0.717) is 11.7 Å². The van der Waals surface area contributed by atoms with Crippen molar-refractivity contribution in [3.05, 3.63) is 29.8 Å². The SMILES string of the molecule is CNC(=S)N[C@H]1CO[C@H](COCc2ccc(OC)cc2)[C@@H](O)[C@@H]1O. The summed E-state index contributed by atoms with van der Waals surface area (Å²) in [5.41, 5.74) is 0.987. The summed E-state index contributed by atoms with van der Waals surface area (Å²) >= 11 is 4.99. The zero-order valence-electron chi connectivity index (χ0n) is 13.8. The molecule has 2 rings (SSSR count). The van der Waals surface area contributed by atoms with Crippen molar-refractivity contribution < 1.29 is 24.4 Å². The van der Waals surface area contributed by atoms with Crippen molar-refractivity contribution in [1.82, 2.24) is 10.6 Å². The summed E-state index contributed by atoms with van der Waals surface area (Å²) in [6.45, 7) is 0.808. The molecular formula is C16H24N2O5S. The van der Waals surface area contributed by atoms with Gasteiger partial charge in [0.1, 0.15) is 24.1 Å². The summed E-state index contributed by atoms with van der Waals surface area (Å²) in [6, 6.07) is 7.07. The van der Waals surface area contributed by atoms with Crippen LogP contribution < -0.4 is 15.4 Å². The molecule has 1 aromatic carbocycles. The molecule has 4 N–H and O–H groups in total. The van der Waals surface area contributed by atoms with Crippen LogP contribution in [0.15, 0.2) is 24.3 Å². The predicted octanol–water partition coefficient (Wildman–Crippen LogP) is -0.205. The summed E-state index contributed by atoms with van der Waals surface area (Å²) in [7, 11) is 3.29. The second kappa shape index (κ2) is 9.14. The lowest BCUT2D eigenvalue weighted by atomic mass is 9.98. The highest BCUT2D eigenvalue weighted by molar-refractivity contribution is 7.80. The van der Waals surface area contributed by atoms with Crippen LogP contribution in [0.5, 0.6) is 5.75 Å². The number of benzene rings is 1. The van der Waals surface area contributed by atoms with Gasteiger partial charge in [0.05, 0.1) is 33.0 Å². The third-order valence-electron chi connectivity index (χ3n) is 3.89. The van der Waals surface area contributed by atoms with Gasteiger partial charge in [0, 0.05) is 7.05 Å². The number of rotatable bonds is 6.